The molecule has 0 saturated heterocycles. The number of fused-ring (bicyclic) bond motifs is 1. The lowest BCUT2D eigenvalue weighted by molar-refractivity contribution is 0.0533. The maximum atomic E-state index is 12.8. The molecule has 5 nitrogen and oxygen atoms in total. The molecule has 1 N–H and O–H groups in total. The summed E-state index contributed by atoms with van der Waals surface area (Å²) in [5, 5.41) is 10.4. The quantitative estimate of drug-likeness (QED) is 0.514. The molecule has 0 unspecified atom stereocenters. The number of carbonyl (C=O) groups is 1. The molecular weight excluding hydrogens is 384 g/mol. The molecule has 6 heteroatoms. The molecule has 1 atom stereocenters. The molecule has 29 heavy (non-hydrogen) atoms. The number of cyclic esters (lactones) is 1. The predicted molar refractivity (Wildman–Crippen MR) is 117 cm³/mol. The highest BCUT2D eigenvalue weighted by molar-refractivity contribution is 6.74. The number of benzene rings is 1. The van der Waals surface area contributed by atoms with E-state index >= 15 is 0 Å². The van der Waals surface area contributed by atoms with Gasteiger partial charge in [-0.1, -0.05) is 20.8 Å². The zero-order valence-electron chi connectivity index (χ0n) is 19.0. The fourth-order valence-corrected chi connectivity index (χ4v) is 5.06. The van der Waals surface area contributed by atoms with Crippen LogP contribution in [0.3, 0.4) is 0 Å². The number of hydrogen-bond acceptors (Lipinski definition) is 5. The minimum atomic E-state index is -2.25. The smallest absolute Gasteiger partial charge is 0.342 e. The van der Waals surface area contributed by atoms with Crippen molar-refractivity contribution >= 4 is 19.9 Å². The van der Waals surface area contributed by atoms with E-state index in [0.29, 0.717) is 11.3 Å². The third-order valence-corrected chi connectivity index (χ3v) is 11.1. The Balaban J connectivity index is 2.38. The van der Waals surface area contributed by atoms with Gasteiger partial charge in [0, 0.05) is 5.56 Å². The van der Waals surface area contributed by atoms with Crippen LogP contribution < -0.4 is 9.16 Å². The van der Waals surface area contributed by atoms with Gasteiger partial charge in [0.1, 0.15) is 23.7 Å². The summed E-state index contributed by atoms with van der Waals surface area (Å²) in [6.07, 6.45) is 2.10. The predicted octanol–water partition coefficient (Wildman–Crippen LogP) is 5.38. The number of aliphatic hydroxyl groups excluding tert-OH is 1. The van der Waals surface area contributed by atoms with Crippen LogP contribution in [0.5, 0.6) is 11.5 Å². The van der Waals surface area contributed by atoms with Crippen LogP contribution in [0.1, 0.15) is 74.0 Å². The molecule has 0 spiro atoms. The van der Waals surface area contributed by atoms with Gasteiger partial charge in [0.25, 0.3) is 8.32 Å². The largest absolute Gasteiger partial charge is 0.542 e. The fraction of sp³-hybridized carbons (Fsp3) is 0.609. The summed E-state index contributed by atoms with van der Waals surface area (Å²) in [5.41, 5.74) is 5.19. The number of carbonyl (C=O) groups excluding carboxylic acids is 1. The van der Waals surface area contributed by atoms with Crippen molar-refractivity contribution in [1.29, 1.82) is 0 Å². The van der Waals surface area contributed by atoms with Crippen LogP contribution in [0.2, 0.25) is 18.1 Å². The van der Waals surface area contributed by atoms with E-state index in [4.69, 9.17) is 13.9 Å². The zero-order valence-corrected chi connectivity index (χ0v) is 20.0. The lowest BCUT2D eigenvalue weighted by Gasteiger charge is -2.38. The van der Waals surface area contributed by atoms with Gasteiger partial charge in [-0.05, 0) is 68.0 Å². The minimum Gasteiger partial charge on any atom is -0.542 e. The normalized spacial score (nSPS) is 18.0. The fourth-order valence-electron chi connectivity index (χ4n) is 4.04. The van der Waals surface area contributed by atoms with Crippen LogP contribution in [0.25, 0.3) is 5.57 Å². The molecule has 0 amide bonds. The number of allylic oxidation sites excluding steroid dienone is 1. The molecule has 0 radical (unpaired) electrons. The average Bonchev–Trinajstić information content (AvgIpc) is 3.23. The molecule has 0 bridgehead atoms. The summed E-state index contributed by atoms with van der Waals surface area (Å²) < 4.78 is 18.1. The summed E-state index contributed by atoms with van der Waals surface area (Å²) in [6, 6.07) is 0. The monoisotopic (exact) mass is 418 g/mol. The average molecular weight is 419 g/mol. The van der Waals surface area contributed by atoms with Crippen molar-refractivity contribution in [2.24, 2.45) is 0 Å². The first-order valence-corrected chi connectivity index (χ1v) is 13.3. The van der Waals surface area contributed by atoms with Crippen molar-refractivity contribution < 1.29 is 23.8 Å². The van der Waals surface area contributed by atoms with Gasteiger partial charge in [-0.2, -0.15) is 0 Å². The SMILES string of the molecule is COc1c(C)c2c(c(O[Si](C)(C)C(C)(C)C)c1C1=C([C@H](C)O)CCC1)C(=O)OC2. The van der Waals surface area contributed by atoms with Crippen molar-refractivity contribution in [3.8, 4) is 11.5 Å². The van der Waals surface area contributed by atoms with Gasteiger partial charge >= 0.3 is 5.97 Å². The Hall–Kier alpha value is -1.79. The van der Waals surface area contributed by atoms with Crippen LogP contribution in [0, 0.1) is 6.92 Å². The maximum absolute atomic E-state index is 12.8. The van der Waals surface area contributed by atoms with Crippen LogP contribution in [0.15, 0.2) is 5.57 Å². The van der Waals surface area contributed by atoms with E-state index in [1.165, 1.54) is 0 Å². The van der Waals surface area contributed by atoms with E-state index in [2.05, 4.69) is 33.9 Å². The van der Waals surface area contributed by atoms with Gasteiger partial charge < -0.3 is 19.0 Å². The molecule has 160 valence electrons. The van der Waals surface area contributed by atoms with Gasteiger partial charge in [-0.15, -0.1) is 0 Å². The Bertz CT molecular complexity index is 874. The highest BCUT2D eigenvalue weighted by Gasteiger charge is 2.43. The van der Waals surface area contributed by atoms with Crippen molar-refractivity contribution in [3.05, 3.63) is 27.8 Å². The second-order valence-corrected chi connectivity index (χ2v) is 14.4. The van der Waals surface area contributed by atoms with Gasteiger partial charge in [0.15, 0.2) is 0 Å². The van der Waals surface area contributed by atoms with E-state index in [9.17, 15) is 9.90 Å². The molecule has 1 aliphatic heterocycles. The highest BCUT2D eigenvalue weighted by Crippen LogP contribution is 2.51. The first kappa shape index (κ1) is 21.9. The first-order valence-electron chi connectivity index (χ1n) is 10.4. The molecule has 1 aliphatic carbocycles. The van der Waals surface area contributed by atoms with E-state index in [1.807, 2.05) is 6.92 Å². The molecule has 0 aromatic heterocycles. The summed E-state index contributed by atoms with van der Waals surface area (Å²) in [6.45, 7) is 14.9. The Kier molecular flexibility index (Phi) is 5.64. The van der Waals surface area contributed by atoms with Crippen LogP contribution in [-0.2, 0) is 11.3 Å². The molecule has 0 fully saturated rings. The number of rotatable bonds is 5. The number of methoxy groups -OCH3 is 1. The standard InChI is InChI=1S/C23H34O5Si/c1-13-17-12-27-22(25)19(17)21(28-29(7,8)23(3,4)5)18(20(13)26-6)16-11-9-10-15(16)14(2)24/h14,24H,9-12H2,1-8H3/t14-/m0/s1. The van der Waals surface area contributed by atoms with Crippen LogP contribution >= 0.6 is 0 Å². The second-order valence-electron chi connectivity index (χ2n) is 9.69. The van der Waals surface area contributed by atoms with E-state index < -0.39 is 14.4 Å². The summed E-state index contributed by atoms with van der Waals surface area (Å²) in [4.78, 5) is 12.8. The Morgan fingerprint density at radius 1 is 1.14 bits per heavy atom. The molecule has 3 rings (SSSR count). The van der Waals surface area contributed by atoms with Crippen molar-refractivity contribution in [2.75, 3.05) is 7.11 Å². The van der Waals surface area contributed by atoms with Crippen LogP contribution in [0.4, 0.5) is 0 Å². The molecule has 1 aromatic carbocycles. The minimum absolute atomic E-state index is 0.0328. The molecular formula is C23H34O5Si. The topological polar surface area (TPSA) is 65.0 Å². The van der Waals surface area contributed by atoms with Crippen molar-refractivity contribution in [2.45, 2.75) is 84.7 Å². The Labute approximate surface area is 175 Å². The molecule has 0 saturated carbocycles. The molecule has 1 heterocycles. The maximum Gasteiger partial charge on any atom is 0.342 e. The molecule has 2 aliphatic rings. The van der Waals surface area contributed by atoms with E-state index in [0.717, 1.165) is 52.8 Å². The Morgan fingerprint density at radius 2 is 1.79 bits per heavy atom. The van der Waals surface area contributed by atoms with Crippen molar-refractivity contribution in [1.82, 2.24) is 0 Å². The lowest BCUT2D eigenvalue weighted by Crippen LogP contribution is -2.44. The van der Waals surface area contributed by atoms with Gasteiger partial charge in [0.2, 0.25) is 0 Å². The van der Waals surface area contributed by atoms with Crippen molar-refractivity contribution in [3.63, 3.8) is 0 Å². The summed E-state index contributed by atoms with van der Waals surface area (Å²) in [5.74, 6) is 0.982. The van der Waals surface area contributed by atoms with Gasteiger partial charge in [-0.25, -0.2) is 4.79 Å². The summed E-state index contributed by atoms with van der Waals surface area (Å²) >= 11 is 0. The number of ether oxygens (including phenoxy) is 2. The van der Waals surface area contributed by atoms with E-state index in [-0.39, 0.29) is 17.6 Å². The number of esters is 1. The third kappa shape index (κ3) is 3.61. The lowest BCUT2D eigenvalue weighted by atomic mass is 9.90. The zero-order chi connectivity index (χ0) is 21.7. The van der Waals surface area contributed by atoms with Gasteiger partial charge in [-0.3, -0.25) is 0 Å². The molecule has 1 aromatic rings. The Morgan fingerprint density at radius 3 is 2.34 bits per heavy atom. The van der Waals surface area contributed by atoms with Crippen LogP contribution in [-0.4, -0.2) is 32.6 Å². The van der Waals surface area contributed by atoms with Gasteiger partial charge in [0.05, 0.1) is 18.8 Å². The number of hydrogen-bond donors (Lipinski definition) is 1. The third-order valence-electron chi connectivity index (χ3n) is 6.76. The first-order chi connectivity index (χ1) is 13.4. The highest BCUT2D eigenvalue weighted by atomic mass is 28.4. The second kappa shape index (κ2) is 7.47. The number of aliphatic hydroxyl groups is 1. The van der Waals surface area contributed by atoms with E-state index in [1.54, 1.807) is 14.0 Å². The summed E-state index contributed by atoms with van der Waals surface area (Å²) in [7, 11) is -0.595.